The zero-order chi connectivity index (χ0) is 27.1. The van der Waals surface area contributed by atoms with E-state index in [4.69, 9.17) is 9.84 Å². The van der Waals surface area contributed by atoms with Gasteiger partial charge in [-0.05, 0) is 50.6 Å². The van der Waals surface area contributed by atoms with Crippen LogP contribution in [-0.4, -0.2) is 70.9 Å². The van der Waals surface area contributed by atoms with Gasteiger partial charge in [0.1, 0.15) is 18.2 Å². The van der Waals surface area contributed by atoms with E-state index in [9.17, 15) is 9.18 Å². The van der Waals surface area contributed by atoms with Crippen LogP contribution in [0.4, 0.5) is 10.2 Å². The maximum Gasteiger partial charge on any atom is 0.249 e. The van der Waals surface area contributed by atoms with Gasteiger partial charge in [0.2, 0.25) is 5.91 Å². The van der Waals surface area contributed by atoms with Crippen molar-refractivity contribution in [2.24, 2.45) is 0 Å². The van der Waals surface area contributed by atoms with Crippen molar-refractivity contribution in [1.29, 1.82) is 0 Å². The zero-order valence-electron chi connectivity index (χ0n) is 23.1. The molecular weight excluding hydrogens is 481 g/mol. The van der Waals surface area contributed by atoms with Gasteiger partial charge in [-0.2, -0.15) is 5.10 Å². The fraction of sp³-hybridized carbons (Fsp3) is 0.467. The fourth-order valence-corrected chi connectivity index (χ4v) is 4.91. The van der Waals surface area contributed by atoms with Crippen LogP contribution in [0.5, 0.6) is 0 Å². The quantitative estimate of drug-likeness (QED) is 0.363. The van der Waals surface area contributed by atoms with Crippen molar-refractivity contribution in [3.8, 4) is 5.69 Å². The molecule has 0 radical (unpaired) electrons. The lowest BCUT2D eigenvalue weighted by Gasteiger charge is -2.37. The van der Waals surface area contributed by atoms with Crippen molar-refractivity contribution in [1.82, 2.24) is 19.6 Å². The first-order valence-corrected chi connectivity index (χ1v) is 13.6. The highest BCUT2D eigenvalue weighted by Gasteiger charge is 2.29. The van der Waals surface area contributed by atoms with E-state index < -0.39 is 0 Å². The Bertz CT molecular complexity index is 1190. The number of anilines is 1. The minimum absolute atomic E-state index is 0.0147. The van der Waals surface area contributed by atoms with Gasteiger partial charge in [0.15, 0.2) is 0 Å². The van der Waals surface area contributed by atoms with Gasteiger partial charge in [-0.25, -0.2) is 9.07 Å². The number of amides is 1. The van der Waals surface area contributed by atoms with E-state index >= 15 is 0 Å². The van der Waals surface area contributed by atoms with Gasteiger partial charge in [0, 0.05) is 37.8 Å². The molecule has 0 saturated carbocycles. The summed E-state index contributed by atoms with van der Waals surface area (Å²) in [6.07, 6.45) is 0.825. The molecule has 0 aliphatic carbocycles. The predicted octanol–water partition coefficient (Wildman–Crippen LogP) is 4.81. The second-order valence-corrected chi connectivity index (χ2v) is 9.96. The lowest BCUT2D eigenvalue weighted by molar-refractivity contribution is -0.139. The number of nitrogens with zero attached hydrogens (tertiary/aromatic N) is 5. The van der Waals surface area contributed by atoms with Gasteiger partial charge < -0.3 is 19.4 Å². The van der Waals surface area contributed by atoms with Crippen LogP contribution in [0.25, 0.3) is 5.69 Å². The van der Waals surface area contributed by atoms with E-state index in [1.165, 1.54) is 12.1 Å². The number of likely N-dealkylation sites (N-methyl/N-ethyl adjacent to an activating group) is 1. The summed E-state index contributed by atoms with van der Waals surface area (Å²) in [5.41, 5.74) is 3.56. The van der Waals surface area contributed by atoms with E-state index in [1.54, 1.807) is 6.07 Å². The van der Waals surface area contributed by atoms with Gasteiger partial charge in [-0.3, -0.25) is 4.79 Å². The number of rotatable bonds is 11. The van der Waals surface area contributed by atoms with Crippen LogP contribution < -0.4 is 4.90 Å². The maximum atomic E-state index is 14.2. The Morgan fingerprint density at radius 2 is 1.82 bits per heavy atom. The van der Waals surface area contributed by atoms with E-state index in [0.717, 1.165) is 61.8 Å². The first kappa shape index (κ1) is 27.8. The highest BCUT2D eigenvalue weighted by Crippen LogP contribution is 2.30. The number of carbonyl (C=O) groups is 1. The molecule has 204 valence electrons. The van der Waals surface area contributed by atoms with Crippen LogP contribution in [0.2, 0.25) is 0 Å². The van der Waals surface area contributed by atoms with Crippen molar-refractivity contribution in [3.05, 3.63) is 77.2 Å². The predicted molar refractivity (Wildman–Crippen MR) is 149 cm³/mol. The number of benzene rings is 2. The molecular formula is C30H40FN5O2. The van der Waals surface area contributed by atoms with Crippen LogP contribution in [-0.2, 0) is 22.7 Å². The molecule has 2 heterocycles. The number of ether oxygens (including phenoxy) is 1. The number of hydrogen-bond acceptors (Lipinski definition) is 5. The largest absolute Gasteiger partial charge is 0.367 e. The third kappa shape index (κ3) is 6.60. The number of piperazine rings is 1. The van der Waals surface area contributed by atoms with Crippen LogP contribution >= 0.6 is 0 Å². The van der Waals surface area contributed by atoms with Crippen molar-refractivity contribution >= 4 is 11.7 Å². The number of hydrogen-bond donors (Lipinski definition) is 0. The Kier molecular flexibility index (Phi) is 9.53. The molecule has 1 saturated heterocycles. The van der Waals surface area contributed by atoms with Crippen molar-refractivity contribution in [2.45, 2.75) is 53.3 Å². The summed E-state index contributed by atoms with van der Waals surface area (Å²) in [6.45, 7) is 13.7. The smallest absolute Gasteiger partial charge is 0.249 e. The molecule has 38 heavy (non-hydrogen) atoms. The van der Waals surface area contributed by atoms with Crippen molar-refractivity contribution < 1.29 is 13.9 Å². The highest BCUT2D eigenvalue weighted by atomic mass is 19.1. The zero-order valence-corrected chi connectivity index (χ0v) is 23.1. The van der Waals surface area contributed by atoms with Gasteiger partial charge in [-0.1, -0.05) is 50.2 Å². The fourth-order valence-electron chi connectivity index (χ4n) is 4.91. The number of carbonyl (C=O) groups excluding carboxylic acids is 1. The number of aryl methyl sites for hydroxylation is 1. The van der Waals surface area contributed by atoms with Crippen molar-refractivity contribution in [2.75, 3.05) is 44.2 Å². The van der Waals surface area contributed by atoms with E-state index in [-0.39, 0.29) is 24.4 Å². The lowest BCUT2D eigenvalue weighted by Crippen LogP contribution is -2.47. The van der Waals surface area contributed by atoms with Crippen LogP contribution in [0.1, 0.15) is 44.0 Å². The topological polar surface area (TPSA) is 53.8 Å². The summed E-state index contributed by atoms with van der Waals surface area (Å²) in [6, 6.07) is 16.4. The van der Waals surface area contributed by atoms with E-state index in [2.05, 4.69) is 30.6 Å². The summed E-state index contributed by atoms with van der Waals surface area (Å²) < 4.78 is 21.9. The molecule has 1 amide bonds. The Balaban J connectivity index is 1.62. The van der Waals surface area contributed by atoms with Crippen LogP contribution in [0, 0.1) is 12.7 Å². The average Bonchev–Trinajstić information content (AvgIpc) is 3.27. The molecule has 4 rings (SSSR count). The molecule has 1 unspecified atom stereocenters. The minimum Gasteiger partial charge on any atom is -0.367 e. The van der Waals surface area contributed by atoms with Crippen LogP contribution in [0.15, 0.2) is 54.6 Å². The molecule has 0 N–H and O–H groups in total. The summed E-state index contributed by atoms with van der Waals surface area (Å²) in [4.78, 5) is 20.1. The molecule has 1 aliphatic rings. The average molecular weight is 522 g/mol. The molecule has 1 aromatic heterocycles. The Morgan fingerprint density at radius 1 is 1.08 bits per heavy atom. The van der Waals surface area contributed by atoms with Crippen molar-refractivity contribution in [3.63, 3.8) is 0 Å². The second kappa shape index (κ2) is 13.0. The molecule has 0 bridgehead atoms. The Morgan fingerprint density at radius 3 is 2.47 bits per heavy atom. The SMILES string of the molecule is CCC(C)N(Cc1c(C)nn(-c2cccc(F)c2)c1N1CCN(CC)CC1)C(=O)COCc1ccccc1. The van der Waals surface area contributed by atoms with E-state index in [0.29, 0.717) is 18.8 Å². The summed E-state index contributed by atoms with van der Waals surface area (Å²) in [5.74, 6) is 0.594. The molecule has 0 spiro atoms. The summed E-state index contributed by atoms with van der Waals surface area (Å²) >= 11 is 0. The molecule has 1 aliphatic heterocycles. The molecule has 1 atom stereocenters. The highest BCUT2D eigenvalue weighted by molar-refractivity contribution is 5.78. The Hall–Kier alpha value is -3.23. The molecule has 2 aromatic carbocycles. The monoisotopic (exact) mass is 521 g/mol. The standard InChI is InChI=1S/C30H40FN5O2/c1-5-23(3)35(29(37)22-38-21-25-11-8-7-9-12-25)20-28-24(4)32-36(27-14-10-13-26(31)19-27)30(28)34-17-15-33(6-2)16-18-34/h7-14,19,23H,5-6,15-18,20-22H2,1-4H3. The Labute approximate surface area is 225 Å². The summed E-state index contributed by atoms with van der Waals surface area (Å²) in [7, 11) is 0. The van der Waals surface area contributed by atoms with Crippen LogP contribution in [0.3, 0.4) is 0 Å². The third-order valence-corrected chi connectivity index (χ3v) is 7.44. The minimum atomic E-state index is -0.300. The van der Waals surface area contributed by atoms with Gasteiger partial charge in [0.25, 0.3) is 0 Å². The molecule has 8 heteroatoms. The maximum absolute atomic E-state index is 14.2. The first-order chi connectivity index (χ1) is 18.4. The lowest BCUT2D eigenvalue weighted by atomic mass is 10.1. The van der Waals surface area contributed by atoms with Gasteiger partial charge in [-0.15, -0.1) is 0 Å². The van der Waals surface area contributed by atoms with E-state index in [1.807, 2.05) is 52.9 Å². The first-order valence-electron chi connectivity index (χ1n) is 13.6. The molecule has 1 fully saturated rings. The second-order valence-electron chi connectivity index (χ2n) is 9.96. The number of halogens is 1. The normalized spacial score (nSPS) is 15.0. The van der Waals surface area contributed by atoms with Gasteiger partial charge >= 0.3 is 0 Å². The summed E-state index contributed by atoms with van der Waals surface area (Å²) in [5, 5.41) is 4.86. The molecule has 3 aromatic rings. The van der Waals surface area contributed by atoms with Gasteiger partial charge in [0.05, 0.1) is 24.5 Å². The number of aromatic nitrogens is 2. The third-order valence-electron chi connectivity index (χ3n) is 7.44. The molecule has 7 nitrogen and oxygen atoms in total.